The maximum absolute atomic E-state index is 10.8. The predicted octanol–water partition coefficient (Wildman–Crippen LogP) is 1.94. The summed E-state index contributed by atoms with van der Waals surface area (Å²) in [5.41, 5.74) is 0. The number of allylic oxidation sites excluding steroid dienone is 1. The molecular formula is C8H15NO. The van der Waals surface area contributed by atoms with Gasteiger partial charge in [-0.1, -0.05) is 6.08 Å². The summed E-state index contributed by atoms with van der Waals surface area (Å²) in [6.45, 7) is 7.25. The molecule has 0 rings (SSSR count). The summed E-state index contributed by atoms with van der Waals surface area (Å²) in [6, 6.07) is 0.0861. The normalized spacial score (nSPS) is 14.8. The van der Waals surface area contributed by atoms with E-state index in [1.165, 1.54) is 0 Å². The van der Waals surface area contributed by atoms with Crippen molar-refractivity contribution in [1.29, 1.82) is 0 Å². The van der Waals surface area contributed by atoms with E-state index in [9.17, 15) is 5.21 Å². The van der Waals surface area contributed by atoms with E-state index in [0.717, 1.165) is 17.6 Å². The minimum atomic E-state index is 0.0861. The SMILES string of the molecule is C=CCCC(C)/[N+]([O-])=C\C. The molecule has 0 aliphatic carbocycles. The van der Waals surface area contributed by atoms with Crippen LogP contribution in [0.4, 0.5) is 0 Å². The highest BCUT2D eigenvalue weighted by molar-refractivity contribution is 5.46. The van der Waals surface area contributed by atoms with E-state index in [0.29, 0.717) is 0 Å². The van der Waals surface area contributed by atoms with Crippen molar-refractivity contribution in [3.05, 3.63) is 17.9 Å². The third-order valence-electron chi connectivity index (χ3n) is 1.48. The lowest BCUT2D eigenvalue weighted by molar-refractivity contribution is -0.493. The predicted molar refractivity (Wildman–Crippen MR) is 44.3 cm³/mol. The molecule has 0 amide bonds. The van der Waals surface area contributed by atoms with Gasteiger partial charge in [0.1, 0.15) is 6.21 Å². The monoisotopic (exact) mass is 141 g/mol. The molecule has 0 N–H and O–H groups in total. The maximum atomic E-state index is 10.8. The topological polar surface area (TPSA) is 26.1 Å². The highest BCUT2D eigenvalue weighted by Gasteiger charge is 2.04. The number of hydrogen-bond acceptors (Lipinski definition) is 1. The van der Waals surface area contributed by atoms with Gasteiger partial charge in [0, 0.05) is 13.3 Å². The number of rotatable bonds is 4. The molecule has 0 aliphatic rings. The minimum absolute atomic E-state index is 0.0861. The fourth-order valence-corrected chi connectivity index (χ4v) is 0.741. The second-order valence-corrected chi connectivity index (χ2v) is 2.33. The Morgan fingerprint density at radius 1 is 1.70 bits per heavy atom. The van der Waals surface area contributed by atoms with Crippen LogP contribution in [-0.4, -0.2) is 17.0 Å². The summed E-state index contributed by atoms with van der Waals surface area (Å²) in [6.07, 6.45) is 5.18. The molecule has 2 heteroatoms. The Hall–Kier alpha value is -0.790. The fraction of sp³-hybridized carbons (Fsp3) is 0.625. The van der Waals surface area contributed by atoms with E-state index in [2.05, 4.69) is 6.58 Å². The Bertz CT molecular complexity index is 129. The summed E-state index contributed by atoms with van der Waals surface area (Å²) in [4.78, 5) is 0. The van der Waals surface area contributed by atoms with Gasteiger partial charge in [-0.15, -0.1) is 6.58 Å². The first kappa shape index (κ1) is 9.21. The first-order chi connectivity index (χ1) is 4.72. The van der Waals surface area contributed by atoms with Gasteiger partial charge < -0.3 is 5.21 Å². The van der Waals surface area contributed by atoms with Gasteiger partial charge in [-0.3, -0.25) is 0 Å². The number of hydroxylamine groups is 1. The van der Waals surface area contributed by atoms with Crippen molar-refractivity contribution in [1.82, 2.24) is 0 Å². The number of nitrogens with zero attached hydrogens (tertiary/aromatic N) is 1. The van der Waals surface area contributed by atoms with Gasteiger partial charge in [0.15, 0.2) is 6.04 Å². The molecule has 0 spiro atoms. The summed E-state index contributed by atoms with van der Waals surface area (Å²) < 4.78 is 0.976. The smallest absolute Gasteiger partial charge is 0.160 e. The second-order valence-electron chi connectivity index (χ2n) is 2.33. The van der Waals surface area contributed by atoms with Crippen molar-refractivity contribution >= 4 is 6.21 Å². The van der Waals surface area contributed by atoms with Crippen LogP contribution in [0.2, 0.25) is 0 Å². The van der Waals surface area contributed by atoms with Crippen LogP contribution in [0.5, 0.6) is 0 Å². The van der Waals surface area contributed by atoms with Crippen LogP contribution < -0.4 is 0 Å². The third kappa shape index (κ3) is 3.28. The van der Waals surface area contributed by atoms with E-state index in [1.807, 2.05) is 13.0 Å². The average molecular weight is 141 g/mol. The van der Waals surface area contributed by atoms with Crippen molar-refractivity contribution in [3.8, 4) is 0 Å². The van der Waals surface area contributed by atoms with Crippen LogP contribution in [0.15, 0.2) is 12.7 Å². The molecule has 0 aromatic heterocycles. The molecule has 1 atom stereocenters. The first-order valence-corrected chi connectivity index (χ1v) is 3.58. The zero-order chi connectivity index (χ0) is 7.98. The first-order valence-electron chi connectivity index (χ1n) is 3.58. The molecule has 2 nitrogen and oxygen atoms in total. The molecule has 10 heavy (non-hydrogen) atoms. The minimum Gasteiger partial charge on any atom is -0.624 e. The molecule has 0 saturated heterocycles. The van der Waals surface area contributed by atoms with E-state index in [4.69, 9.17) is 0 Å². The van der Waals surface area contributed by atoms with Gasteiger partial charge in [-0.2, -0.15) is 0 Å². The van der Waals surface area contributed by atoms with E-state index in [1.54, 1.807) is 13.1 Å². The molecule has 0 bridgehead atoms. The van der Waals surface area contributed by atoms with Crippen molar-refractivity contribution in [2.24, 2.45) is 0 Å². The molecule has 0 fully saturated rings. The van der Waals surface area contributed by atoms with E-state index >= 15 is 0 Å². The van der Waals surface area contributed by atoms with Gasteiger partial charge >= 0.3 is 0 Å². The molecule has 0 radical (unpaired) electrons. The molecular weight excluding hydrogens is 126 g/mol. The van der Waals surface area contributed by atoms with Crippen LogP contribution in [0.3, 0.4) is 0 Å². The third-order valence-corrected chi connectivity index (χ3v) is 1.48. The molecule has 0 heterocycles. The van der Waals surface area contributed by atoms with Crippen LogP contribution >= 0.6 is 0 Å². The van der Waals surface area contributed by atoms with Gasteiger partial charge in [-0.05, 0) is 13.3 Å². The fourth-order valence-electron chi connectivity index (χ4n) is 0.741. The zero-order valence-electron chi connectivity index (χ0n) is 6.71. The van der Waals surface area contributed by atoms with Crippen molar-refractivity contribution in [2.75, 3.05) is 0 Å². The molecule has 0 saturated carbocycles. The molecule has 0 aromatic rings. The Morgan fingerprint density at radius 3 is 2.70 bits per heavy atom. The summed E-state index contributed by atoms with van der Waals surface area (Å²) >= 11 is 0. The Labute approximate surface area is 62.5 Å². The summed E-state index contributed by atoms with van der Waals surface area (Å²) in [5, 5.41) is 10.8. The van der Waals surface area contributed by atoms with Gasteiger partial charge in [-0.25, -0.2) is 4.74 Å². The second kappa shape index (κ2) is 5.03. The van der Waals surface area contributed by atoms with Crippen LogP contribution in [0.25, 0.3) is 0 Å². The quantitative estimate of drug-likeness (QED) is 0.193. The van der Waals surface area contributed by atoms with Crippen molar-refractivity contribution < 1.29 is 4.74 Å². The lowest BCUT2D eigenvalue weighted by Crippen LogP contribution is -2.17. The molecule has 0 aliphatic heterocycles. The highest BCUT2D eigenvalue weighted by Crippen LogP contribution is 1.99. The largest absolute Gasteiger partial charge is 0.624 e. The molecule has 58 valence electrons. The standard InChI is InChI=1S/C8H15NO/c1-4-6-7-8(3)9(10)5-2/h4-5,8H,1,6-7H2,2-3H3/b9-5+. The van der Waals surface area contributed by atoms with Crippen LogP contribution in [-0.2, 0) is 0 Å². The molecule has 1 unspecified atom stereocenters. The zero-order valence-corrected chi connectivity index (χ0v) is 6.71. The van der Waals surface area contributed by atoms with E-state index in [-0.39, 0.29) is 6.04 Å². The van der Waals surface area contributed by atoms with Crippen molar-refractivity contribution in [2.45, 2.75) is 32.7 Å². The molecule has 0 aromatic carbocycles. The maximum Gasteiger partial charge on any atom is 0.160 e. The summed E-state index contributed by atoms with van der Waals surface area (Å²) in [7, 11) is 0. The highest BCUT2D eigenvalue weighted by atomic mass is 16.5. The van der Waals surface area contributed by atoms with Gasteiger partial charge in [0.25, 0.3) is 0 Å². The Balaban J connectivity index is 3.61. The number of hydrogen-bond donors (Lipinski definition) is 0. The Kier molecular flexibility index (Phi) is 4.63. The average Bonchev–Trinajstić information content (AvgIpc) is 1.98. The van der Waals surface area contributed by atoms with Gasteiger partial charge in [0.05, 0.1) is 0 Å². The Morgan fingerprint density at radius 2 is 2.30 bits per heavy atom. The van der Waals surface area contributed by atoms with Crippen LogP contribution in [0.1, 0.15) is 26.7 Å². The van der Waals surface area contributed by atoms with Crippen molar-refractivity contribution in [3.63, 3.8) is 0 Å². The van der Waals surface area contributed by atoms with Gasteiger partial charge in [0.2, 0.25) is 0 Å². The lowest BCUT2D eigenvalue weighted by atomic mass is 10.2. The lowest BCUT2D eigenvalue weighted by Gasteiger charge is -2.10. The van der Waals surface area contributed by atoms with E-state index < -0.39 is 0 Å². The summed E-state index contributed by atoms with van der Waals surface area (Å²) in [5.74, 6) is 0. The van der Waals surface area contributed by atoms with Crippen LogP contribution in [0, 0.1) is 5.21 Å².